The minimum atomic E-state index is -0.278. The number of carbonyl (C=O) groups excluding carboxylic acids is 1. The summed E-state index contributed by atoms with van der Waals surface area (Å²) in [4.78, 5) is 11.2. The first-order valence-corrected chi connectivity index (χ1v) is 6.83. The number of hydrogen-bond donors (Lipinski definition) is 0. The Morgan fingerprint density at radius 1 is 1.47 bits per heavy atom. The molecule has 0 amide bonds. The molecule has 0 radical (unpaired) electrons. The Morgan fingerprint density at radius 2 is 2.07 bits per heavy atom. The molecule has 1 unspecified atom stereocenters. The van der Waals surface area contributed by atoms with E-state index in [0.717, 1.165) is 25.2 Å². The second kappa shape index (κ2) is 7.26. The van der Waals surface area contributed by atoms with Gasteiger partial charge in [0.2, 0.25) is 0 Å². The quantitative estimate of drug-likeness (QED) is 0.521. The first-order chi connectivity index (χ1) is 6.93. The molecular formula is C12H23BrO2. The van der Waals surface area contributed by atoms with Crippen LogP contribution in [0.15, 0.2) is 0 Å². The molecule has 0 bridgehead atoms. The lowest BCUT2D eigenvalue weighted by Gasteiger charge is -2.28. The zero-order chi connectivity index (χ0) is 11.9. The minimum Gasteiger partial charge on any atom is -0.459 e. The lowest BCUT2D eigenvalue weighted by Crippen LogP contribution is -2.31. The van der Waals surface area contributed by atoms with Gasteiger partial charge in [-0.05, 0) is 32.1 Å². The molecule has 90 valence electrons. The highest BCUT2D eigenvalue weighted by atomic mass is 79.9. The molecule has 2 nitrogen and oxygen atoms in total. The zero-order valence-electron chi connectivity index (χ0n) is 10.3. The van der Waals surface area contributed by atoms with E-state index in [4.69, 9.17) is 4.74 Å². The van der Waals surface area contributed by atoms with Crippen LogP contribution in [0, 0.1) is 5.92 Å². The first kappa shape index (κ1) is 14.9. The van der Waals surface area contributed by atoms with Gasteiger partial charge in [-0.1, -0.05) is 43.1 Å². The predicted octanol–water partition coefficient (Wildman–Crippen LogP) is 3.92. The van der Waals surface area contributed by atoms with Gasteiger partial charge in [0.1, 0.15) is 10.9 Å². The summed E-state index contributed by atoms with van der Waals surface area (Å²) >= 11 is 3.11. The first-order valence-electron chi connectivity index (χ1n) is 5.71. The molecule has 1 atom stereocenters. The van der Waals surface area contributed by atoms with Crippen molar-refractivity contribution in [3.05, 3.63) is 0 Å². The molecule has 0 aliphatic heterocycles. The van der Waals surface area contributed by atoms with Crippen molar-refractivity contribution < 1.29 is 9.53 Å². The normalized spacial score (nSPS) is 15.1. The highest BCUT2D eigenvalue weighted by molar-refractivity contribution is 9.09. The second-order valence-electron chi connectivity index (χ2n) is 4.70. The van der Waals surface area contributed by atoms with Gasteiger partial charge in [0, 0.05) is 0 Å². The fraction of sp³-hybridized carbons (Fsp3) is 0.917. The lowest BCUT2D eigenvalue weighted by molar-refractivity contribution is -0.155. The Morgan fingerprint density at radius 3 is 2.47 bits per heavy atom. The molecule has 0 saturated carbocycles. The SMILES string of the molecule is CCC(C)(CCCC(C)C)OC(=O)CBr. The fourth-order valence-corrected chi connectivity index (χ4v) is 1.60. The van der Waals surface area contributed by atoms with E-state index in [-0.39, 0.29) is 16.9 Å². The van der Waals surface area contributed by atoms with Gasteiger partial charge in [-0.3, -0.25) is 4.79 Å². The average molecular weight is 279 g/mol. The Bertz CT molecular complexity index is 192. The van der Waals surface area contributed by atoms with Crippen molar-refractivity contribution >= 4 is 21.9 Å². The van der Waals surface area contributed by atoms with Crippen LogP contribution in [0.5, 0.6) is 0 Å². The van der Waals surface area contributed by atoms with Crippen LogP contribution < -0.4 is 0 Å². The summed E-state index contributed by atoms with van der Waals surface area (Å²) in [7, 11) is 0. The Kier molecular flexibility index (Phi) is 7.24. The van der Waals surface area contributed by atoms with Crippen molar-refractivity contribution in [2.24, 2.45) is 5.92 Å². The third-order valence-corrected chi connectivity index (χ3v) is 3.16. The molecule has 0 spiro atoms. The van der Waals surface area contributed by atoms with E-state index in [1.165, 1.54) is 6.42 Å². The van der Waals surface area contributed by atoms with E-state index in [9.17, 15) is 4.79 Å². The van der Waals surface area contributed by atoms with Crippen molar-refractivity contribution in [3.8, 4) is 0 Å². The zero-order valence-corrected chi connectivity index (χ0v) is 11.9. The fourth-order valence-electron chi connectivity index (χ4n) is 1.49. The van der Waals surface area contributed by atoms with E-state index in [1.54, 1.807) is 0 Å². The minimum absolute atomic E-state index is 0.163. The van der Waals surface area contributed by atoms with Crippen molar-refractivity contribution in [2.75, 3.05) is 5.33 Å². The van der Waals surface area contributed by atoms with Crippen LogP contribution in [-0.4, -0.2) is 16.9 Å². The highest BCUT2D eigenvalue weighted by Gasteiger charge is 2.25. The van der Waals surface area contributed by atoms with Crippen LogP contribution in [0.25, 0.3) is 0 Å². The summed E-state index contributed by atoms with van der Waals surface area (Å²) in [6.07, 6.45) is 4.16. The van der Waals surface area contributed by atoms with E-state index in [1.807, 2.05) is 6.92 Å². The van der Waals surface area contributed by atoms with Gasteiger partial charge in [0.05, 0.1) is 0 Å². The number of esters is 1. The smallest absolute Gasteiger partial charge is 0.317 e. The molecule has 15 heavy (non-hydrogen) atoms. The average Bonchev–Trinajstić information content (AvgIpc) is 2.17. The molecule has 0 aromatic carbocycles. The number of carbonyl (C=O) groups is 1. The molecular weight excluding hydrogens is 256 g/mol. The maximum absolute atomic E-state index is 11.2. The van der Waals surface area contributed by atoms with E-state index in [0.29, 0.717) is 0 Å². The number of rotatable bonds is 7. The monoisotopic (exact) mass is 278 g/mol. The maximum atomic E-state index is 11.2. The number of hydrogen-bond acceptors (Lipinski definition) is 2. The third-order valence-electron chi connectivity index (χ3n) is 2.70. The molecule has 0 aliphatic rings. The Labute approximate surface area is 102 Å². The van der Waals surface area contributed by atoms with Crippen molar-refractivity contribution in [3.63, 3.8) is 0 Å². The topological polar surface area (TPSA) is 26.3 Å². The van der Waals surface area contributed by atoms with Gasteiger partial charge >= 0.3 is 5.97 Å². The van der Waals surface area contributed by atoms with Crippen LogP contribution in [0.4, 0.5) is 0 Å². The third kappa shape index (κ3) is 6.93. The summed E-state index contributed by atoms with van der Waals surface area (Å²) in [5.74, 6) is 0.557. The highest BCUT2D eigenvalue weighted by Crippen LogP contribution is 2.24. The predicted molar refractivity (Wildman–Crippen MR) is 67.3 cm³/mol. The second-order valence-corrected chi connectivity index (χ2v) is 5.26. The molecule has 3 heteroatoms. The lowest BCUT2D eigenvalue weighted by atomic mass is 9.93. The molecule has 0 fully saturated rings. The summed E-state index contributed by atoms with van der Waals surface area (Å²) in [5, 5.41) is 0.284. The largest absolute Gasteiger partial charge is 0.459 e. The summed E-state index contributed by atoms with van der Waals surface area (Å²) in [6, 6.07) is 0. The van der Waals surface area contributed by atoms with Gasteiger partial charge in [0.25, 0.3) is 0 Å². The van der Waals surface area contributed by atoms with Crippen molar-refractivity contribution in [1.29, 1.82) is 0 Å². The molecule has 0 aromatic heterocycles. The maximum Gasteiger partial charge on any atom is 0.317 e. The molecule has 0 saturated heterocycles. The number of alkyl halides is 1. The number of halogens is 1. The van der Waals surface area contributed by atoms with E-state index >= 15 is 0 Å². The molecule has 0 N–H and O–H groups in total. The van der Waals surface area contributed by atoms with Gasteiger partial charge in [-0.2, -0.15) is 0 Å². The Balaban J connectivity index is 4.01. The van der Waals surface area contributed by atoms with Gasteiger partial charge in [0.15, 0.2) is 0 Å². The van der Waals surface area contributed by atoms with Crippen molar-refractivity contribution in [1.82, 2.24) is 0 Å². The van der Waals surface area contributed by atoms with Crippen LogP contribution in [0.3, 0.4) is 0 Å². The van der Waals surface area contributed by atoms with Gasteiger partial charge < -0.3 is 4.74 Å². The molecule has 0 aromatic rings. The summed E-state index contributed by atoms with van der Waals surface area (Å²) < 4.78 is 5.43. The van der Waals surface area contributed by atoms with Crippen LogP contribution in [0.1, 0.15) is 53.4 Å². The molecule has 0 heterocycles. The summed E-state index contributed by atoms with van der Waals surface area (Å²) in [6.45, 7) is 8.52. The summed E-state index contributed by atoms with van der Waals surface area (Å²) in [5.41, 5.74) is -0.278. The van der Waals surface area contributed by atoms with E-state index < -0.39 is 0 Å². The molecule has 0 aliphatic carbocycles. The standard InChI is InChI=1S/C12H23BrO2/c1-5-12(4,15-11(14)9-13)8-6-7-10(2)3/h10H,5-9H2,1-4H3. The van der Waals surface area contributed by atoms with Crippen LogP contribution in [-0.2, 0) is 9.53 Å². The van der Waals surface area contributed by atoms with Crippen LogP contribution in [0.2, 0.25) is 0 Å². The van der Waals surface area contributed by atoms with Gasteiger partial charge in [-0.15, -0.1) is 0 Å². The molecule has 0 rings (SSSR count). The number of ether oxygens (including phenoxy) is 1. The Hall–Kier alpha value is -0.0500. The van der Waals surface area contributed by atoms with Gasteiger partial charge in [-0.25, -0.2) is 0 Å². The van der Waals surface area contributed by atoms with Crippen molar-refractivity contribution in [2.45, 2.75) is 59.0 Å². The van der Waals surface area contributed by atoms with E-state index in [2.05, 4.69) is 36.7 Å². The van der Waals surface area contributed by atoms with Crippen LogP contribution >= 0.6 is 15.9 Å².